The number of carbonyl (C=O) groups is 1. The predicted molar refractivity (Wildman–Crippen MR) is 119 cm³/mol. The van der Waals surface area contributed by atoms with Crippen LogP contribution in [0, 0.1) is 5.82 Å². The summed E-state index contributed by atoms with van der Waals surface area (Å²) in [7, 11) is -8.15. The molecule has 0 aliphatic rings. The van der Waals surface area contributed by atoms with Gasteiger partial charge in [0.15, 0.2) is 0 Å². The topological polar surface area (TPSA) is 77.0 Å². The second-order valence-electron chi connectivity index (χ2n) is 7.81. The van der Waals surface area contributed by atoms with E-state index in [1.807, 2.05) is 0 Å². The number of rotatable bonds is 5. The molecule has 34 heavy (non-hydrogen) atoms. The van der Waals surface area contributed by atoms with Crippen LogP contribution in [0.15, 0.2) is 47.5 Å². The van der Waals surface area contributed by atoms with Gasteiger partial charge < -0.3 is 10.6 Å². The molecule has 2 aromatic heterocycles. The van der Waals surface area contributed by atoms with Gasteiger partial charge in [-0.15, -0.1) is 0 Å². The molecule has 0 spiro atoms. The average Bonchev–Trinajstić information content (AvgIpc) is 3.12. The zero-order valence-corrected chi connectivity index (χ0v) is 18.7. The molecule has 0 saturated heterocycles. The van der Waals surface area contributed by atoms with Crippen LogP contribution in [0.2, 0.25) is 0 Å². The Hall–Kier alpha value is -3.48. The van der Waals surface area contributed by atoms with Crippen LogP contribution in [0.25, 0.3) is 21.8 Å². The van der Waals surface area contributed by atoms with Crippen LogP contribution in [-0.2, 0) is 13.6 Å². The van der Waals surface area contributed by atoms with Crippen LogP contribution in [0.1, 0.15) is 22.8 Å². The van der Waals surface area contributed by atoms with Crippen LogP contribution >= 0.6 is 10.2 Å². The molecule has 182 valence electrons. The molecule has 0 aliphatic carbocycles. The number of hydrogen-bond acceptors (Lipinski definition) is 4. The minimum Gasteiger partial charge on any atom is -0.383 e. The summed E-state index contributed by atoms with van der Waals surface area (Å²) >= 11 is 0. The molecule has 0 fully saturated rings. The third kappa shape index (κ3) is 4.22. The Morgan fingerprint density at radius 1 is 1.09 bits per heavy atom. The molecule has 4 aromatic rings. The summed E-state index contributed by atoms with van der Waals surface area (Å²) in [5.74, 6) is -1.44. The van der Waals surface area contributed by atoms with Crippen molar-refractivity contribution in [2.24, 2.45) is 7.05 Å². The first-order valence-corrected chi connectivity index (χ1v) is 11.9. The summed E-state index contributed by atoms with van der Waals surface area (Å²) in [6, 6.07) is 4.69. The number of benzene rings is 2. The number of hydrogen-bond donors (Lipinski definition) is 1. The van der Waals surface area contributed by atoms with Crippen molar-refractivity contribution in [3.63, 3.8) is 0 Å². The van der Waals surface area contributed by atoms with Gasteiger partial charge in [-0.25, -0.2) is 9.37 Å². The number of pyridine rings is 1. The maximum atomic E-state index is 14.9. The van der Waals surface area contributed by atoms with E-state index >= 15 is 0 Å². The number of nitrogen functional groups attached to an aromatic ring is 1. The Balaban J connectivity index is 1.70. The van der Waals surface area contributed by atoms with Gasteiger partial charge >= 0.3 is 10.2 Å². The molecule has 2 aromatic carbocycles. The quantitative estimate of drug-likeness (QED) is 0.331. The molecule has 0 unspecified atom stereocenters. The summed E-state index contributed by atoms with van der Waals surface area (Å²) in [5, 5.41) is 5.08. The first-order chi connectivity index (χ1) is 15.6. The van der Waals surface area contributed by atoms with Crippen LogP contribution in [-0.4, -0.2) is 32.1 Å². The molecule has 13 heteroatoms. The van der Waals surface area contributed by atoms with E-state index in [1.54, 1.807) is 14.0 Å². The van der Waals surface area contributed by atoms with Gasteiger partial charge in [-0.1, -0.05) is 31.6 Å². The zero-order chi connectivity index (χ0) is 25.1. The van der Waals surface area contributed by atoms with Crippen LogP contribution < -0.4 is 5.73 Å². The fourth-order valence-corrected chi connectivity index (χ4v) is 4.36. The minimum absolute atomic E-state index is 0.0841. The fourth-order valence-electron chi connectivity index (χ4n) is 3.71. The third-order valence-electron chi connectivity index (χ3n) is 5.44. The molecule has 2 N–H and O–H groups in total. The Morgan fingerprint density at radius 2 is 1.74 bits per heavy atom. The van der Waals surface area contributed by atoms with Crippen molar-refractivity contribution in [1.82, 2.24) is 19.7 Å². The number of aryl methyl sites for hydroxylation is 1. The lowest BCUT2D eigenvalue weighted by molar-refractivity contribution is 0.0748. The van der Waals surface area contributed by atoms with Gasteiger partial charge in [-0.05, 0) is 30.7 Å². The fraction of sp³-hybridized carbons (Fsp3) is 0.190. The number of nitrogens with two attached hydrogens (primary N) is 1. The van der Waals surface area contributed by atoms with Gasteiger partial charge in [-0.2, -0.15) is 5.10 Å². The van der Waals surface area contributed by atoms with Crippen molar-refractivity contribution in [1.29, 1.82) is 0 Å². The van der Waals surface area contributed by atoms with Crippen molar-refractivity contribution in [2.45, 2.75) is 18.4 Å². The van der Waals surface area contributed by atoms with E-state index in [0.717, 1.165) is 18.2 Å². The first kappa shape index (κ1) is 23.7. The van der Waals surface area contributed by atoms with Gasteiger partial charge in [-0.3, -0.25) is 9.48 Å². The minimum atomic E-state index is -9.80. The van der Waals surface area contributed by atoms with E-state index in [-0.39, 0.29) is 47.7 Å². The molecule has 0 bridgehead atoms. The van der Waals surface area contributed by atoms with Crippen LogP contribution in [0.3, 0.4) is 0 Å². The lowest BCUT2D eigenvalue weighted by Gasteiger charge is -2.40. The van der Waals surface area contributed by atoms with Crippen molar-refractivity contribution in [2.75, 3.05) is 12.3 Å². The summed E-state index contributed by atoms with van der Waals surface area (Å²) in [6.07, 6.45) is 1.50. The maximum absolute atomic E-state index is 14.9. The van der Waals surface area contributed by atoms with Gasteiger partial charge in [0.1, 0.15) is 16.5 Å². The van der Waals surface area contributed by atoms with E-state index in [2.05, 4.69) is 10.1 Å². The predicted octanol–water partition coefficient (Wildman–Crippen LogP) is 6.16. The third-order valence-corrected chi connectivity index (χ3v) is 6.60. The van der Waals surface area contributed by atoms with Crippen molar-refractivity contribution >= 4 is 43.8 Å². The normalized spacial score (nSPS) is 14.2. The molecule has 0 atom stereocenters. The van der Waals surface area contributed by atoms with Crippen LogP contribution in [0.5, 0.6) is 0 Å². The molecule has 0 saturated carbocycles. The van der Waals surface area contributed by atoms with E-state index in [1.165, 1.54) is 21.8 Å². The van der Waals surface area contributed by atoms with Gasteiger partial charge in [0.25, 0.3) is 5.91 Å². The van der Waals surface area contributed by atoms with E-state index in [4.69, 9.17) is 5.73 Å². The number of aromatic nitrogens is 3. The molecular formula is C21H19F6N5OS. The largest absolute Gasteiger partial charge is 0.383 e. The monoisotopic (exact) mass is 503 g/mol. The Morgan fingerprint density at radius 3 is 2.32 bits per heavy atom. The Kier molecular flexibility index (Phi) is 4.88. The number of halogens is 6. The highest BCUT2D eigenvalue weighted by Crippen LogP contribution is 3.02. The maximum Gasteiger partial charge on any atom is 0.310 e. The molecule has 0 radical (unpaired) electrons. The highest BCUT2D eigenvalue weighted by molar-refractivity contribution is 8.45. The van der Waals surface area contributed by atoms with E-state index in [9.17, 15) is 28.6 Å². The molecule has 2 heterocycles. The van der Waals surface area contributed by atoms with E-state index < -0.39 is 26.8 Å². The lowest BCUT2D eigenvalue weighted by atomic mass is 10.1. The number of fused-ring (bicyclic) bond motifs is 3. The summed E-state index contributed by atoms with van der Waals surface area (Å²) < 4.78 is 81.1. The SMILES string of the molecule is CCN(Cc1ccc(S(F)(F)(F)(F)F)cc1)C(=O)c1cc2c(cc1F)nc(N)c1cnn(C)c12. The van der Waals surface area contributed by atoms with Crippen molar-refractivity contribution in [3.8, 4) is 0 Å². The number of nitrogens with zero attached hydrogens (tertiary/aromatic N) is 4. The second-order valence-corrected chi connectivity index (χ2v) is 10.2. The Bertz CT molecular complexity index is 1450. The molecule has 1 amide bonds. The average molecular weight is 503 g/mol. The molecule has 6 nitrogen and oxygen atoms in total. The summed E-state index contributed by atoms with van der Waals surface area (Å²) in [5.41, 5.74) is 6.57. The van der Waals surface area contributed by atoms with Gasteiger partial charge in [0.05, 0.1) is 28.2 Å². The van der Waals surface area contributed by atoms with Gasteiger partial charge in [0, 0.05) is 31.6 Å². The number of amides is 1. The second kappa shape index (κ2) is 7.01. The lowest BCUT2D eigenvalue weighted by Crippen LogP contribution is -2.31. The summed E-state index contributed by atoms with van der Waals surface area (Å²) in [4.78, 5) is 16.4. The molecule has 4 rings (SSSR count). The van der Waals surface area contributed by atoms with E-state index in [0.29, 0.717) is 16.3 Å². The summed E-state index contributed by atoms with van der Waals surface area (Å²) in [6.45, 7) is 1.47. The Labute approximate surface area is 189 Å². The first-order valence-electron chi connectivity index (χ1n) is 9.92. The van der Waals surface area contributed by atoms with Crippen molar-refractivity contribution < 1.29 is 28.6 Å². The van der Waals surface area contributed by atoms with Gasteiger partial charge in [0.2, 0.25) is 0 Å². The number of carbonyl (C=O) groups excluding carboxylic acids is 1. The molecule has 0 aliphatic heterocycles. The standard InChI is InChI=1S/C21H19F6N5OS/c1-3-32(11-12-4-6-13(7-5-12)34(23,24,25,26)27)21(33)14-8-15-18(9-17(14)22)30-20(28)16-10-29-31(2)19(15)16/h4-10H,3,11H2,1-2H3,(H2,28,30). The highest BCUT2D eigenvalue weighted by Gasteiger charge is 2.65. The smallest absolute Gasteiger partial charge is 0.310 e. The van der Waals surface area contributed by atoms with Crippen LogP contribution in [0.4, 0.5) is 29.6 Å². The zero-order valence-electron chi connectivity index (χ0n) is 17.9. The molecular weight excluding hydrogens is 484 g/mol. The number of anilines is 1. The highest BCUT2D eigenvalue weighted by atomic mass is 32.5. The van der Waals surface area contributed by atoms with Crippen molar-refractivity contribution in [3.05, 3.63) is 59.5 Å².